The van der Waals surface area contributed by atoms with Crippen LogP contribution in [0.5, 0.6) is 5.75 Å². The number of benzene rings is 2. The molecule has 1 aliphatic carbocycles. The summed E-state index contributed by atoms with van der Waals surface area (Å²) in [6.07, 6.45) is 4.41. The van der Waals surface area contributed by atoms with Crippen LogP contribution in [0, 0.1) is 0 Å². The topological polar surface area (TPSA) is 100 Å². The highest BCUT2D eigenvalue weighted by Gasteiger charge is 2.53. The maximum absolute atomic E-state index is 13.9. The van der Waals surface area contributed by atoms with Crippen LogP contribution in [0.1, 0.15) is 55.8 Å². The van der Waals surface area contributed by atoms with Gasteiger partial charge in [0.1, 0.15) is 5.75 Å². The Kier molecular flexibility index (Phi) is 8.82. The predicted molar refractivity (Wildman–Crippen MR) is 142 cm³/mol. The van der Waals surface area contributed by atoms with Crippen molar-refractivity contribution in [2.45, 2.75) is 62.3 Å². The molecule has 2 aromatic rings. The van der Waals surface area contributed by atoms with Gasteiger partial charge in [0.25, 0.3) is 5.91 Å². The van der Waals surface area contributed by atoms with E-state index in [1.807, 2.05) is 48.5 Å². The lowest BCUT2D eigenvalue weighted by atomic mass is 9.83. The first-order valence-electron chi connectivity index (χ1n) is 12.4. The molecular weight excluding hydrogens is 524 g/mol. The van der Waals surface area contributed by atoms with E-state index in [1.165, 1.54) is 0 Å². The fraction of sp³-hybridized carbons (Fsp3) is 0.429. The van der Waals surface area contributed by atoms with E-state index in [1.54, 1.807) is 6.08 Å². The molecule has 36 heavy (non-hydrogen) atoms. The third kappa shape index (κ3) is 5.82. The Morgan fingerprint density at radius 3 is 2.58 bits per heavy atom. The van der Waals surface area contributed by atoms with E-state index in [4.69, 9.17) is 19.6 Å². The summed E-state index contributed by atoms with van der Waals surface area (Å²) in [5.74, 6) is 0.861. The molecule has 0 saturated heterocycles. The van der Waals surface area contributed by atoms with Crippen molar-refractivity contribution in [2.24, 2.45) is 4.99 Å². The number of nitrogens with zero attached hydrogens (tertiary/aromatic N) is 1. The van der Waals surface area contributed by atoms with E-state index in [-0.39, 0.29) is 24.7 Å². The molecule has 1 fully saturated rings. The highest BCUT2D eigenvalue weighted by atomic mass is 79.9. The number of aliphatic imine (C=N–C) groups is 1. The molecular formula is C28H33BrN2O5. The Morgan fingerprint density at radius 1 is 1.19 bits per heavy atom. The van der Waals surface area contributed by atoms with E-state index in [0.29, 0.717) is 43.9 Å². The number of aliphatic hydroxyl groups excluding tert-OH is 2. The number of hydrogen-bond acceptors (Lipinski definition) is 6. The van der Waals surface area contributed by atoms with Gasteiger partial charge < -0.3 is 25.0 Å². The Bertz CT molecular complexity index is 1080. The van der Waals surface area contributed by atoms with Crippen LogP contribution in [0.2, 0.25) is 0 Å². The smallest absolute Gasteiger partial charge is 0.252 e. The molecule has 0 unspecified atom stereocenters. The number of hydrogen-bond donors (Lipinski definition) is 3. The molecule has 7 nitrogen and oxygen atoms in total. The minimum Gasteiger partial charge on any atom is -0.494 e. The number of carbonyl (C=O) groups excluding carboxylic acids is 1. The van der Waals surface area contributed by atoms with Crippen molar-refractivity contribution in [1.29, 1.82) is 0 Å². The molecule has 192 valence electrons. The third-order valence-electron chi connectivity index (χ3n) is 6.71. The number of amides is 1. The summed E-state index contributed by atoms with van der Waals surface area (Å²) in [7, 11) is 0. The van der Waals surface area contributed by atoms with Gasteiger partial charge in [-0.25, -0.2) is 4.99 Å². The second-order valence-corrected chi connectivity index (χ2v) is 10.1. The van der Waals surface area contributed by atoms with Crippen molar-refractivity contribution < 1.29 is 24.5 Å². The Morgan fingerprint density at radius 2 is 1.92 bits per heavy atom. The van der Waals surface area contributed by atoms with Crippen LogP contribution in [0.25, 0.3) is 0 Å². The van der Waals surface area contributed by atoms with E-state index < -0.39 is 11.6 Å². The number of nitrogens with one attached hydrogen (secondary N) is 1. The van der Waals surface area contributed by atoms with Crippen molar-refractivity contribution in [3.8, 4) is 5.75 Å². The summed E-state index contributed by atoms with van der Waals surface area (Å²) in [4.78, 5) is 18.8. The zero-order valence-electron chi connectivity index (χ0n) is 20.2. The molecule has 1 saturated carbocycles. The van der Waals surface area contributed by atoms with Gasteiger partial charge in [-0.1, -0.05) is 40.2 Å². The first kappa shape index (κ1) is 26.4. The fourth-order valence-electron chi connectivity index (χ4n) is 4.73. The van der Waals surface area contributed by atoms with Gasteiger partial charge in [0.15, 0.2) is 11.6 Å². The number of rotatable bonds is 10. The van der Waals surface area contributed by atoms with Crippen molar-refractivity contribution in [3.63, 3.8) is 0 Å². The van der Waals surface area contributed by atoms with Gasteiger partial charge in [-0.2, -0.15) is 0 Å². The van der Waals surface area contributed by atoms with Crippen LogP contribution in [0.4, 0.5) is 0 Å². The lowest BCUT2D eigenvalue weighted by molar-refractivity contribution is -0.130. The number of aliphatic hydroxyl groups is 2. The van der Waals surface area contributed by atoms with Gasteiger partial charge in [-0.05, 0) is 56.0 Å². The number of carbonyl (C=O) groups is 1. The van der Waals surface area contributed by atoms with Gasteiger partial charge in [-0.15, -0.1) is 6.58 Å². The van der Waals surface area contributed by atoms with Gasteiger partial charge in [0.2, 0.25) is 5.90 Å². The number of halogens is 1. The SMILES string of the molecule is C=CC[C@@]1(C(=O)NC2CCC(O)CC2)N=C(c2ccc(OCCCO)cc2)O[C@@H]1c1ccccc1Br. The quantitative estimate of drug-likeness (QED) is 0.296. The molecule has 1 aliphatic heterocycles. The Labute approximate surface area is 220 Å². The molecule has 1 amide bonds. The minimum absolute atomic E-state index is 0.0166. The van der Waals surface area contributed by atoms with E-state index in [2.05, 4.69) is 27.8 Å². The molecule has 2 aliphatic rings. The highest BCUT2D eigenvalue weighted by Crippen LogP contribution is 2.45. The average molecular weight is 557 g/mol. The zero-order valence-corrected chi connectivity index (χ0v) is 21.8. The number of ether oxygens (including phenoxy) is 2. The Balaban J connectivity index is 1.66. The Hall–Kier alpha value is -2.68. The second-order valence-electron chi connectivity index (χ2n) is 9.28. The largest absolute Gasteiger partial charge is 0.494 e. The molecule has 0 aromatic heterocycles. The minimum atomic E-state index is -1.23. The molecule has 2 atom stereocenters. The van der Waals surface area contributed by atoms with Crippen molar-refractivity contribution in [3.05, 3.63) is 76.8 Å². The van der Waals surface area contributed by atoms with Crippen LogP contribution >= 0.6 is 15.9 Å². The normalized spacial score (nSPS) is 25.5. The van der Waals surface area contributed by atoms with Crippen molar-refractivity contribution >= 4 is 27.7 Å². The standard InChI is InChI=1S/C28H33BrN2O5/c1-2-16-28(27(34)30-20-10-12-21(33)13-11-20)25(23-6-3-4-7-24(23)29)36-26(31-28)19-8-14-22(15-9-19)35-18-5-17-32/h2-4,6-9,14-15,20-21,25,32-33H,1,5,10-13,16-18H2,(H,30,34)/t20?,21?,25-,28-/m1/s1. The van der Waals surface area contributed by atoms with Crippen molar-refractivity contribution in [1.82, 2.24) is 5.32 Å². The molecule has 3 N–H and O–H groups in total. The van der Waals surface area contributed by atoms with Gasteiger partial charge in [0, 0.05) is 41.1 Å². The molecule has 1 heterocycles. The summed E-state index contributed by atoms with van der Waals surface area (Å²) in [6, 6.07) is 15.0. The maximum Gasteiger partial charge on any atom is 0.252 e. The summed E-state index contributed by atoms with van der Waals surface area (Å²) in [6.45, 7) is 4.43. The molecule has 0 spiro atoms. The van der Waals surface area contributed by atoms with Crippen LogP contribution in [0.3, 0.4) is 0 Å². The molecule has 0 radical (unpaired) electrons. The molecule has 2 aromatic carbocycles. The lowest BCUT2D eigenvalue weighted by Gasteiger charge is -2.33. The molecule has 4 rings (SSSR count). The summed E-state index contributed by atoms with van der Waals surface area (Å²) >= 11 is 3.63. The van der Waals surface area contributed by atoms with Crippen LogP contribution in [0.15, 0.2) is 70.7 Å². The first-order valence-corrected chi connectivity index (χ1v) is 13.2. The monoisotopic (exact) mass is 556 g/mol. The summed E-state index contributed by atoms with van der Waals surface area (Å²) in [5.41, 5.74) is 0.338. The van der Waals surface area contributed by atoms with E-state index in [9.17, 15) is 9.90 Å². The maximum atomic E-state index is 13.9. The lowest BCUT2D eigenvalue weighted by Crippen LogP contribution is -2.52. The fourth-order valence-corrected chi connectivity index (χ4v) is 5.22. The van der Waals surface area contributed by atoms with E-state index >= 15 is 0 Å². The molecule has 8 heteroatoms. The van der Waals surface area contributed by atoms with Gasteiger partial charge in [-0.3, -0.25) is 4.79 Å². The van der Waals surface area contributed by atoms with Crippen LogP contribution in [-0.2, 0) is 9.53 Å². The zero-order chi connectivity index (χ0) is 25.5. The summed E-state index contributed by atoms with van der Waals surface area (Å²) in [5, 5.41) is 22.0. The van der Waals surface area contributed by atoms with E-state index in [0.717, 1.165) is 28.4 Å². The van der Waals surface area contributed by atoms with Crippen LogP contribution < -0.4 is 10.1 Å². The van der Waals surface area contributed by atoms with Gasteiger partial charge >= 0.3 is 0 Å². The molecule has 0 bridgehead atoms. The predicted octanol–water partition coefficient (Wildman–Crippen LogP) is 4.46. The van der Waals surface area contributed by atoms with Crippen molar-refractivity contribution in [2.75, 3.05) is 13.2 Å². The second kappa shape index (κ2) is 12.0. The first-order chi connectivity index (χ1) is 17.5. The van der Waals surface area contributed by atoms with Gasteiger partial charge in [0.05, 0.1) is 12.7 Å². The third-order valence-corrected chi connectivity index (χ3v) is 7.43. The highest BCUT2D eigenvalue weighted by molar-refractivity contribution is 9.10. The van der Waals surface area contributed by atoms with Crippen LogP contribution in [-0.4, -0.2) is 52.9 Å². The average Bonchev–Trinajstić information content (AvgIpc) is 3.27. The summed E-state index contributed by atoms with van der Waals surface area (Å²) < 4.78 is 12.9.